The van der Waals surface area contributed by atoms with Crippen molar-refractivity contribution >= 4 is 11.8 Å². The monoisotopic (exact) mass is 269 g/mol. The van der Waals surface area contributed by atoms with Crippen LogP contribution in [0.15, 0.2) is 0 Å². The van der Waals surface area contributed by atoms with E-state index in [1.54, 1.807) is 7.05 Å². The van der Waals surface area contributed by atoms with Gasteiger partial charge in [0.1, 0.15) is 0 Å². The molecule has 1 unspecified atom stereocenters. The van der Waals surface area contributed by atoms with Crippen LogP contribution >= 0.6 is 0 Å². The Morgan fingerprint density at radius 3 is 2.74 bits per heavy atom. The Kier molecular flexibility index (Phi) is 4.76. The van der Waals surface area contributed by atoms with Crippen LogP contribution in [-0.2, 0) is 9.59 Å². The van der Waals surface area contributed by atoms with Crippen LogP contribution in [0.2, 0.25) is 0 Å². The molecule has 1 heterocycles. The summed E-state index contributed by atoms with van der Waals surface area (Å²) in [6.07, 6.45) is 3.50. The molecule has 2 rings (SSSR count). The van der Waals surface area contributed by atoms with Gasteiger partial charge in [-0.2, -0.15) is 0 Å². The Morgan fingerprint density at radius 1 is 1.37 bits per heavy atom. The van der Waals surface area contributed by atoms with E-state index in [1.807, 2.05) is 4.90 Å². The Bertz CT molecular complexity index is 344. The lowest BCUT2D eigenvalue weighted by molar-refractivity contribution is -0.136. The van der Waals surface area contributed by atoms with Crippen molar-refractivity contribution in [1.82, 2.24) is 15.1 Å². The van der Waals surface area contributed by atoms with Crippen molar-refractivity contribution < 1.29 is 14.7 Å². The zero-order chi connectivity index (χ0) is 13.8. The summed E-state index contributed by atoms with van der Waals surface area (Å²) in [5, 5.41) is 12.4. The van der Waals surface area contributed by atoms with Crippen LogP contribution < -0.4 is 5.32 Å². The van der Waals surface area contributed by atoms with E-state index in [4.69, 9.17) is 0 Å². The number of β-amino-alcohol motifs (C(OH)–C–C–N with tert-alkyl or cyclic N) is 1. The summed E-state index contributed by atoms with van der Waals surface area (Å²) in [5.74, 6) is -0.155. The quantitative estimate of drug-likeness (QED) is 0.684. The van der Waals surface area contributed by atoms with Crippen molar-refractivity contribution in [2.45, 2.75) is 37.8 Å². The minimum absolute atomic E-state index is 0.0694. The van der Waals surface area contributed by atoms with E-state index in [1.165, 1.54) is 4.90 Å². The molecule has 6 heteroatoms. The van der Waals surface area contributed by atoms with E-state index < -0.39 is 0 Å². The third kappa shape index (κ3) is 4.80. The maximum atomic E-state index is 12.0. The van der Waals surface area contributed by atoms with E-state index in [9.17, 15) is 14.7 Å². The molecule has 108 valence electrons. The van der Waals surface area contributed by atoms with Crippen LogP contribution in [0.1, 0.15) is 25.7 Å². The summed E-state index contributed by atoms with van der Waals surface area (Å²) in [5.41, 5.74) is 0. The standard InChI is InChI=1S/C13H23N3O3/c1-15(8-12(18)14-10-4-5-10)13(19)9-16-6-2-3-11(17)7-16/h10-11,17H,2-9H2,1H3,(H,14,18). The number of rotatable bonds is 5. The molecule has 1 atom stereocenters. The first-order valence-corrected chi connectivity index (χ1v) is 6.98. The normalized spacial score (nSPS) is 24.0. The van der Waals surface area contributed by atoms with Crippen molar-refractivity contribution in [2.75, 3.05) is 33.2 Å². The van der Waals surface area contributed by atoms with Gasteiger partial charge < -0.3 is 15.3 Å². The molecule has 0 bridgehead atoms. The zero-order valence-electron chi connectivity index (χ0n) is 11.5. The lowest BCUT2D eigenvalue weighted by Crippen LogP contribution is -2.46. The van der Waals surface area contributed by atoms with Crippen LogP contribution in [0.5, 0.6) is 0 Å². The van der Waals surface area contributed by atoms with E-state index in [2.05, 4.69) is 5.32 Å². The van der Waals surface area contributed by atoms with Crippen molar-refractivity contribution in [2.24, 2.45) is 0 Å². The predicted molar refractivity (Wildman–Crippen MR) is 70.5 cm³/mol. The lowest BCUT2D eigenvalue weighted by atomic mass is 10.1. The fraction of sp³-hybridized carbons (Fsp3) is 0.846. The highest BCUT2D eigenvalue weighted by Crippen LogP contribution is 2.18. The van der Waals surface area contributed by atoms with E-state index in [-0.39, 0.29) is 31.0 Å². The van der Waals surface area contributed by atoms with Gasteiger partial charge in [-0.3, -0.25) is 14.5 Å². The average molecular weight is 269 g/mol. The van der Waals surface area contributed by atoms with Crippen molar-refractivity contribution in [3.8, 4) is 0 Å². The zero-order valence-corrected chi connectivity index (χ0v) is 11.5. The fourth-order valence-corrected chi connectivity index (χ4v) is 2.29. The molecule has 2 N–H and O–H groups in total. The lowest BCUT2D eigenvalue weighted by Gasteiger charge is -2.30. The highest BCUT2D eigenvalue weighted by atomic mass is 16.3. The summed E-state index contributed by atoms with van der Waals surface area (Å²) < 4.78 is 0. The summed E-state index contributed by atoms with van der Waals surface area (Å²) in [4.78, 5) is 27.0. The first-order valence-electron chi connectivity index (χ1n) is 6.98. The minimum atomic E-state index is -0.329. The van der Waals surface area contributed by atoms with Gasteiger partial charge in [-0.15, -0.1) is 0 Å². The molecule has 1 aliphatic carbocycles. The summed E-state index contributed by atoms with van der Waals surface area (Å²) in [6.45, 7) is 1.79. The molecule has 1 saturated carbocycles. The van der Waals surface area contributed by atoms with E-state index >= 15 is 0 Å². The summed E-state index contributed by atoms with van der Waals surface area (Å²) in [6, 6.07) is 0.327. The number of hydrogen-bond acceptors (Lipinski definition) is 4. The number of aliphatic hydroxyl groups is 1. The Morgan fingerprint density at radius 2 is 2.11 bits per heavy atom. The number of likely N-dealkylation sites (tertiary alicyclic amines) is 1. The molecule has 19 heavy (non-hydrogen) atoms. The molecule has 2 fully saturated rings. The van der Waals surface area contributed by atoms with Gasteiger partial charge in [-0.25, -0.2) is 0 Å². The molecule has 0 spiro atoms. The van der Waals surface area contributed by atoms with E-state index in [0.29, 0.717) is 12.6 Å². The highest BCUT2D eigenvalue weighted by Gasteiger charge is 2.25. The first-order chi connectivity index (χ1) is 9.04. The van der Waals surface area contributed by atoms with Crippen LogP contribution in [0.3, 0.4) is 0 Å². The van der Waals surface area contributed by atoms with Crippen molar-refractivity contribution in [3.63, 3.8) is 0 Å². The number of likely N-dealkylation sites (N-methyl/N-ethyl adjacent to an activating group) is 1. The van der Waals surface area contributed by atoms with Crippen LogP contribution in [0.25, 0.3) is 0 Å². The Hall–Kier alpha value is -1.14. The first kappa shape index (κ1) is 14.3. The molecule has 1 aliphatic heterocycles. The number of aliphatic hydroxyl groups excluding tert-OH is 1. The van der Waals surface area contributed by atoms with Gasteiger partial charge in [-0.1, -0.05) is 0 Å². The number of carbonyl (C=O) groups is 2. The summed E-state index contributed by atoms with van der Waals surface area (Å²) in [7, 11) is 1.65. The Balaban J connectivity index is 1.70. The SMILES string of the molecule is CN(CC(=O)NC1CC1)C(=O)CN1CCCC(O)C1. The second-order valence-corrected chi connectivity index (χ2v) is 5.62. The second kappa shape index (κ2) is 6.34. The van der Waals surface area contributed by atoms with Gasteiger partial charge in [0.2, 0.25) is 11.8 Å². The maximum Gasteiger partial charge on any atom is 0.239 e. The number of nitrogens with zero attached hydrogens (tertiary/aromatic N) is 2. The van der Waals surface area contributed by atoms with Crippen LogP contribution in [0, 0.1) is 0 Å². The third-order valence-electron chi connectivity index (χ3n) is 3.59. The number of nitrogens with one attached hydrogen (secondary N) is 1. The fourth-order valence-electron chi connectivity index (χ4n) is 2.29. The van der Waals surface area contributed by atoms with Gasteiger partial charge in [-0.05, 0) is 32.2 Å². The van der Waals surface area contributed by atoms with Crippen LogP contribution in [-0.4, -0.2) is 72.1 Å². The topological polar surface area (TPSA) is 72.9 Å². The molecule has 2 amide bonds. The number of carbonyl (C=O) groups excluding carboxylic acids is 2. The molecule has 0 aromatic heterocycles. The second-order valence-electron chi connectivity index (χ2n) is 5.62. The molecule has 6 nitrogen and oxygen atoms in total. The smallest absolute Gasteiger partial charge is 0.239 e. The van der Waals surface area contributed by atoms with Crippen molar-refractivity contribution in [3.05, 3.63) is 0 Å². The number of hydrogen-bond donors (Lipinski definition) is 2. The summed E-state index contributed by atoms with van der Waals surface area (Å²) >= 11 is 0. The maximum absolute atomic E-state index is 12.0. The van der Waals surface area contributed by atoms with Gasteiger partial charge in [0.05, 0.1) is 19.2 Å². The predicted octanol–water partition coefficient (Wildman–Crippen LogP) is -0.820. The van der Waals surface area contributed by atoms with Gasteiger partial charge >= 0.3 is 0 Å². The van der Waals surface area contributed by atoms with Gasteiger partial charge in [0, 0.05) is 19.6 Å². The largest absolute Gasteiger partial charge is 0.392 e. The minimum Gasteiger partial charge on any atom is -0.392 e. The highest BCUT2D eigenvalue weighted by molar-refractivity contribution is 5.85. The van der Waals surface area contributed by atoms with Crippen molar-refractivity contribution in [1.29, 1.82) is 0 Å². The molecule has 0 aromatic carbocycles. The third-order valence-corrected chi connectivity index (χ3v) is 3.59. The molecular weight excluding hydrogens is 246 g/mol. The van der Waals surface area contributed by atoms with Crippen LogP contribution in [0.4, 0.5) is 0 Å². The molecule has 1 saturated heterocycles. The molecule has 0 radical (unpaired) electrons. The number of piperidine rings is 1. The molecule has 2 aliphatic rings. The average Bonchev–Trinajstić information content (AvgIpc) is 3.12. The Labute approximate surface area is 113 Å². The molecular formula is C13H23N3O3. The molecule has 0 aromatic rings. The van der Waals surface area contributed by atoms with E-state index in [0.717, 1.165) is 32.2 Å². The number of amides is 2. The van der Waals surface area contributed by atoms with Gasteiger partial charge in [0.25, 0.3) is 0 Å². The van der Waals surface area contributed by atoms with Gasteiger partial charge in [0.15, 0.2) is 0 Å².